The molecular weight excluding hydrogens is 242 g/mol. The van der Waals surface area contributed by atoms with Gasteiger partial charge in [0.15, 0.2) is 0 Å². The fourth-order valence-corrected chi connectivity index (χ4v) is 1.51. The zero-order valence-corrected chi connectivity index (χ0v) is 11.6. The van der Waals surface area contributed by atoms with Crippen molar-refractivity contribution in [1.82, 2.24) is 10.6 Å². The molecule has 0 aliphatic carbocycles. The Morgan fingerprint density at radius 3 is 2.68 bits per heavy atom. The summed E-state index contributed by atoms with van der Waals surface area (Å²) in [6.07, 6.45) is 0.879. The van der Waals surface area contributed by atoms with E-state index in [1.165, 1.54) is 0 Å². The molecule has 0 radical (unpaired) electrons. The van der Waals surface area contributed by atoms with Crippen LogP contribution < -0.4 is 16.0 Å². The highest BCUT2D eigenvalue weighted by molar-refractivity contribution is 5.97. The number of carbonyl (C=O) groups excluding carboxylic acids is 2. The highest BCUT2D eigenvalue weighted by Gasteiger charge is 2.09. The molecule has 0 fully saturated rings. The summed E-state index contributed by atoms with van der Waals surface area (Å²) in [4.78, 5) is 23.4. The van der Waals surface area contributed by atoms with Gasteiger partial charge in [0.1, 0.15) is 0 Å². The smallest absolute Gasteiger partial charge is 0.251 e. The first-order chi connectivity index (χ1) is 9.06. The van der Waals surface area contributed by atoms with E-state index >= 15 is 0 Å². The van der Waals surface area contributed by atoms with Gasteiger partial charge < -0.3 is 16.0 Å². The third-order valence-electron chi connectivity index (χ3n) is 2.74. The summed E-state index contributed by atoms with van der Waals surface area (Å²) in [5, 5.41) is 8.38. The highest BCUT2D eigenvalue weighted by atomic mass is 16.2. The van der Waals surface area contributed by atoms with Gasteiger partial charge in [-0.15, -0.1) is 0 Å². The summed E-state index contributed by atoms with van der Waals surface area (Å²) in [6, 6.07) is 7.04. The van der Waals surface area contributed by atoms with E-state index in [0.717, 1.165) is 6.42 Å². The summed E-state index contributed by atoms with van der Waals surface area (Å²) in [5.41, 5.74) is 1.17. The van der Waals surface area contributed by atoms with Gasteiger partial charge in [-0.2, -0.15) is 0 Å². The van der Waals surface area contributed by atoms with E-state index in [2.05, 4.69) is 16.0 Å². The van der Waals surface area contributed by atoms with Gasteiger partial charge in [-0.1, -0.05) is 13.0 Å². The van der Waals surface area contributed by atoms with Gasteiger partial charge in [-0.3, -0.25) is 9.59 Å². The summed E-state index contributed by atoms with van der Waals surface area (Å²) in [6.45, 7) is 4.21. The van der Waals surface area contributed by atoms with Gasteiger partial charge in [0.05, 0.1) is 6.54 Å². The Balaban J connectivity index is 2.71. The van der Waals surface area contributed by atoms with Crippen LogP contribution in [0, 0.1) is 0 Å². The van der Waals surface area contributed by atoms with Crippen LogP contribution in [0.3, 0.4) is 0 Å². The van der Waals surface area contributed by atoms with Crippen LogP contribution in [0.25, 0.3) is 0 Å². The second-order valence-electron chi connectivity index (χ2n) is 4.44. The number of amides is 2. The standard InChI is InChI=1S/C14H21N3O2/c1-4-10(2)16-14(19)11-6-5-7-12(8-11)17-13(18)9-15-3/h5-8,10,15H,4,9H2,1-3H3,(H,16,19)(H,17,18). The Kier molecular flexibility index (Phi) is 6.02. The van der Waals surface area contributed by atoms with Crippen LogP contribution in [0.1, 0.15) is 30.6 Å². The molecular formula is C14H21N3O2. The lowest BCUT2D eigenvalue weighted by molar-refractivity contribution is -0.115. The fourth-order valence-electron chi connectivity index (χ4n) is 1.51. The van der Waals surface area contributed by atoms with Crippen LogP contribution in [0.2, 0.25) is 0 Å². The van der Waals surface area contributed by atoms with E-state index < -0.39 is 0 Å². The normalized spacial score (nSPS) is 11.7. The quantitative estimate of drug-likeness (QED) is 0.726. The van der Waals surface area contributed by atoms with Crippen LogP contribution in [-0.4, -0.2) is 31.4 Å². The molecule has 0 bridgehead atoms. The second-order valence-corrected chi connectivity index (χ2v) is 4.44. The molecule has 1 aromatic carbocycles. The molecule has 0 heterocycles. The SMILES string of the molecule is CCC(C)NC(=O)c1cccc(NC(=O)CNC)c1. The van der Waals surface area contributed by atoms with E-state index in [-0.39, 0.29) is 24.4 Å². The van der Waals surface area contributed by atoms with Crippen molar-refractivity contribution in [1.29, 1.82) is 0 Å². The number of hydrogen-bond donors (Lipinski definition) is 3. The van der Waals surface area contributed by atoms with E-state index in [0.29, 0.717) is 11.3 Å². The van der Waals surface area contributed by atoms with Crippen molar-refractivity contribution in [3.63, 3.8) is 0 Å². The molecule has 2 amide bonds. The lowest BCUT2D eigenvalue weighted by atomic mass is 10.1. The molecule has 5 nitrogen and oxygen atoms in total. The first kappa shape index (κ1) is 15.2. The fraction of sp³-hybridized carbons (Fsp3) is 0.429. The number of carbonyl (C=O) groups is 2. The minimum atomic E-state index is -0.137. The zero-order valence-electron chi connectivity index (χ0n) is 11.6. The molecule has 1 unspecified atom stereocenters. The Morgan fingerprint density at radius 2 is 2.05 bits per heavy atom. The van der Waals surface area contributed by atoms with Crippen molar-refractivity contribution < 1.29 is 9.59 Å². The Labute approximate surface area is 113 Å². The average Bonchev–Trinajstić information content (AvgIpc) is 2.39. The Morgan fingerprint density at radius 1 is 1.32 bits per heavy atom. The third-order valence-corrected chi connectivity index (χ3v) is 2.74. The maximum atomic E-state index is 11.9. The largest absolute Gasteiger partial charge is 0.350 e. The topological polar surface area (TPSA) is 70.2 Å². The molecule has 0 aliphatic rings. The molecule has 1 aromatic rings. The van der Waals surface area contributed by atoms with Gasteiger partial charge >= 0.3 is 0 Å². The van der Waals surface area contributed by atoms with Gasteiger partial charge in [0.2, 0.25) is 5.91 Å². The van der Waals surface area contributed by atoms with Crippen molar-refractivity contribution in [2.24, 2.45) is 0 Å². The van der Waals surface area contributed by atoms with Crippen molar-refractivity contribution >= 4 is 17.5 Å². The summed E-state index contributed by atoms with van der Waals surface area (Å²) >= 11 is 0. The molecule has 0 saturated carbocycles. The van der Waals surface area contributed by atoms with E-state index in [1.54, 1.807) is 31.3 Å². The minimum Gasteiger partial charge on any atom is -0.350 e. The van der Waals surface area contributed by atoms with Crippen molar-refractivity contribution in [3.8, 4) is 0 Å². The van der Waals surface area contributed by atoms with Gasteiger partial charge in [0, 0.05) is 17.3 Å². The summed E-state index contributed by atoms with van der Waals surface area (Å²) in [5.74, 6) is -0.263. The summed E-state index contributed by atoms with van der Waals surface area (Å²) in [7, 11) is 1.70. The average molecular weight is 263 g/mol. The lowest BCUT2D eigenvalue weighted by Gasteiger charge is -2.12. The predicted octanol–water partition coefficient (Wildman–Crippen LogP) is 1.37. The maximum Gasteiger partial charge on any atom is 0.251 e. The molecule has 104 valence electrons. The van der Waals surface area contributed by atoms with Crippen molar-refractivity contribution in [2.75, 3.05) is 18.9 Å². The molecule has 19 heavy (non-hydrogen) atoms. The van der Waals surface area contributed by atoms with Crippen LogP contribution in [0.4, 0.5) is 5.69 Å². The predicted molar refractivity (Wildman–Crippen MR) is 76.2 cm³/mol. The second kappa shape index (κ2) is 7.53. The number of nitrogens with one attached hydrogen (secondary N) is 3. The van der Waals surface area contributed by atoms with E-state index in [4.69, 9.17) is 0 Å². The molecule has 0 aliphatic heterocycles. The molecule has 1 rings (SSSR count). The Bertz CT molecular complexity index is 446. The number of rotatable bonds is 6. The molecule has 1 atom stereocenters. The van der Waals surface area contributed by atoms with E-state index in [1.807, 2.05) is 13.8 Å². The summed E-state index contributed by atoms with van der Waals surface area (Å²) < 4.78 is 0. The monoisotopic (exact) mass is 263 g/mol. The van der Waals surface area contributed by atoms with Crippen LogP contribution >= 0.6 is 0 Å². The van der Waals surface area contributed by atoms with Gasteiger partial charge in [-0.25, -0.2) is 0 Å². The molecule has 3 N–H and O–H groups in total. The van der Waals surface area contributed by atoms with E-state index in [9.17, 15) is 9.59 Å². The first-order valence-electron chi connectivity index (χ1n) is 6.42. The molecule has 5 heteroatoms. The molecule has 0 spiro atoms. The highest BCUT2D eigenvalue weighted by Crippen LogP contribution is 2.10. The first-order valence-corrected chi connectivity index (χ1v) is 6.42. The third kappa shape index (κ3) is 5.09. The number of anilines is 1. The number of likely N-dealkylation sites (N-methyl/N-ethyl adjacent to an activating group) is 1. The van der Waals surface area contributed by atoms with Crippen molar-refractivity contribution in [2.45, 2.75) is 26.3 Å². The van der Waals surface area contributed by atoms with Crippen LogP contribution in [0.15, 0.2) is 24.3 Å². The number of hydrogen-bond acceptors (Lipinski definition) is 3. The number of benzene rings is 1. The van der Waals surface area contributed by atoms with Crippen LogP contribution in [0.5, 0.6) is 0 Å². The molecule has 0 aromatic heterocycles. The van der Waals surface area contributed by atoms with Gasteiger partial charge in [0.25, 0.3) is 5.91 Å². The lowest BCUT2D eigenvalue weighted by Crippen LogP contribution is -2.32. The van der Waals surface area contributed by atoms with Crippen LogP contribution in [-0.2, 0) is 4.79 Å². The zero-order chi connectivity index (χ0) is 14.3. The minimum absolute atomic E-state index is 0.126. The van der Waals surface area contributed by atoms with Gasteiger partial charge in [-0.05, 0) is 38.6 Å². The molecule has 0 saturated heterocycles. The Hall–Kier alpha value is -1.88. The van der Waals surface area contributed by atoms with Crippen molar-refractivity contribution in [3.05, 3.63) is 29.8 Å². The maximum absolute atomic E-state index is 11.9.